The smallest absolute Gasteiger partial charge is 0.310 e. The van der Waals surface area contributed by atoms with Crippen molar-refractivity contribution in [3.8, 4) is 0 Å². The Labute approximate surface area is 132 Å². The molecule has 0 aromatic heterocycles. The molecular weight excluding hydrogens is 280 g/mol. The number of hydrogen-bond donors (Lipinski definition) is 0. The molecule has 0 spiro atoms. The van der Waals surface area contributed by atoms with E-state index in [1.54, 1.807) is 0 Å². The standard InChI is InChI=1S/C17H36O3Si/c1-5-6-7-8-9-10-11-12-13-14-15-16-17(18)19-20-21(2,3)4/h5-16H2,1-4H3. The molecule has 0 unspecified atom stereocenters. The molecule has 0 aliphatic carbocycles. The van der Waals surface area contributed by atoms with Gasteiger partial charge >= 0.3 is 5.97 Å². The molecule has 0 saturated carbocycles. The van der Waals surface area contributed by atoms with Gasteiger partial charge in [-0.25, -0.2) is 9.37 Å². The van der Waals surface area contributed by atoms with E-state index in [1.807, 2.05) is 19.6 Å². The van der Waals surface area contributed by atoms with Gasteiger partial charge in [-0.05, 0) is 26.1 Å². The first kappa shape index (κ1) is 20.6. The predicted octanol–water partition coefficient (Wildman–Crippen LogP) is 6.00. The second-order valence-electron chi connectivity index (χ2n) is 6.94. The summed E-state index contributed by atoms with van der Waals surface area (Å²) >= 11 is 0. The number of carbonyl (C=O) groups is 1. The molecule has 0 aromatic rings. The Kier molecular flexibility index (Phi) is 13.1. The minimum Gasteiger partial charge on any atom is -0.310 e. The highest BCUT2D eigenvalue weighted by Crippen LogP contribution is 2.12. The van der Waals surface area contributed by atoms with Crippen molar-refractivity contribution in [3.05, 3.63) is 0 Å². The molecule has 0 N–H and O–H groups in total. The molecule has 0 aliphatic heterocycles. The molecule has 0 bridgehead atoms. The Balaban J connectivity index is 3.20. The zero-order valence-electron chi connectivity index (χ0n) is 14.7. The molecule has 126 valence electrons. The molecule has 0 aliphatic rings. The van der Waals surface area contributed by atoms with E-state index < -0.39 is 8.32 Å². The summed E-state index contributed by atoms with van der Waals surface area (Å²) in [4.78, 5) is 16.2. The molecule has 0 fully saturated rings. The summed E-state index contributed by atoms with van der Waals surface area (Å²) in [5.41, 5.74) is 0. The Bertz CT molecular complexity index is 249. The van der Waals surface area contributed by atoms with E-state index in [4.69, 9.17) is 9.46 Å². The molecule has 0 amide bonds. The quantitative estimate of drug-likeness (QED) is 0.171. The monoisotopic (exact) mass is 316 g/mol. The zero-order valence-corrected chi connectivity index (χ0v) is 15.7. The summed E-state index contributed by atoms with van der Waals surface area (Å²) in [7, 11) is -1.74. The lowest BCUT2D eigenvalue weighted by Crippen LogP contribution is -2.27. The lowest BCUT2D eigenvalue weighted by molar-refractivity contribution is -0.219. The molecule has 4 heteroatoms. The fraction of sp³-hybridized carbons (Fsp3) is 0.941. The van der Waals surface area contributed by atoms with Crippen LogP contribution in [0.2, 0.25) is 19.6 Å². The minimum absolute atomic E-state index is 0.214. The highest BCUT2D eigenvalue weighted by atomic mass is 28.4. The lowest BCUT2D eigenvalue weighted by atomic mass is 10.1. The molecule has 0 rings (SSSR count). The topological polar surface area (TPSA) is 35.5 Å². The molecule has 0 radical (unpaired) electrons. The van der Waals surface area contributed by atoms with Crippen molar-refractivity contribution >= 4 is 14.3 Å². The third-order valence-corrected chi connectivity index (χ3v) is 3.95. The van der Waals surface area contributed by atoms with Gasteiger partial charge in [0.1, 0.15) is 0 Å². The average molecular weight is 317 g/mol. The van der Waals surface area contributed by atoms with E-state index in [0.29, 0.717) is 6.42 Å². The Morgan fingerprint density at radius 2 is 1.19 bits per heavy atom. The maximum atomic E-state index is 11.4. The Morgan fingerprint density at radius 1 is 0.762 bits per heavy atom. The van der Waals surface area contributed by atoms with Crippen LogP contribution in [-0.2, 0) is 14.3 Å². The van der Waals surface area contributed by atoms with Gasteiger partial charge in [0.2, 0.25) is 8.32 Å². The molecule has 0 atom stereocenters. The summed E-state index contributed by atoms with van der Waals surface area (Å²) < 4.78 is 5.13. The van der Waals surface area contributed by atoms with Crippen molar-refractivity contribution in [2.24, 2.45) is 0 Å². The van der Waals surface area contributed by atoms with Gasteiger partial charge < -0.3 is 4.89 Å². The van der Waals surface area contributed by atoms with Gasteiger partial charge in [0, 0.05) is 6.42 Å². The van der Waals surface area contributed by atoms with Gasteiger partial charge in [-0.2, -0.15) is 0 Å². The predicted molar refractivity (Wildman–Crippen MR) is 91.6 cm³/mol. The van der Waals surface area contributed by atoms with Crippen LogP contribution in [0.4, 0.5) is 0 Å². The van der Waals surface area contributed by atoms with Crippen molar-refractivity contribution in [1.29, 1.82) is 0 Å². The van der Waals surface area contributed by atoms with Crippen LogP contribution in [0.25, 0.3) is 0 Å². The SMILES string of the molecule is CCCCCCCCCCCCCC(=O)OO[Si](C)(C)C. The maximum absolute atomic E-state index is 11.4. The average Bonchev–Trinajstić information content (AvgIpc) is 2.42. The van der Waals surface area contributed by atoms with Crippen LogP contribution in [0.3, 0.4) is 0 Å². The van der Waals surface area contributed by atoms with Crippen LogP contribution >= 0.6 is 0 Å². The van der Waals surface area contributed by atoms with Gasteiger partial charge in [-0.15, -0.1) is 0 Å². The van der Waals surface area contributed by atoms with Crippen LogP contribution < -0.4 is 0 Å². The molecule has 0 saturated heterocycles. The maximum Gasteiger partial charge on any atom is 0.340 e. The largest absolute Gasteiger partial charge is 0.340 e. The summed E-state index contributed by atoms with van der Waals surface area (Å²) in [6, 6.07) is 0. The normalized spacial score (nSPS) is 11.6. The molecule has 21 heavy (non-hydrogen) atoms. The summed E-state index contributed by atoms with van der Waals surface area (Å²) in [5.74, 6) is -0.214. The first-order valence-corrected chi connectivity index (χ1v) is 12.2. The number of unbranched alkanes of at least 4 members (excludes halogenated alkanes) is 10. The first-order chi connectivity index (χ1) is 9.95. The van der Waals surface area contributed by atoms with Crippen molar-refractivity contribution in [2.75, 3.05) is 0 Å². The third kappa shape index (κ3) is 17.6. The molecule has 0 aromatic carbocycles. The van der Waals surface area contributed by atoms with Crippen molar-refractivity contribution < 1.29 is 14.3 Å². The third-order valence-electron chi connectivity index (χ3n) is 3.37. The van der Waals surface area contributed by atoms with E-state index in [2.05, 4.69) is 6.92 Å². The van der Waals surface area contributed by atoms with Crippen LogP contribution in [0.15, 0.2) is 0 Å². The summed E-state index contributed by atoms with van der Waals surface area (Å²) in [6.07, 6.45) is 14.7. The Morgan fingerprint density at radius 3 is 1.62 bits per heavy atom. The van der Waals surface area contributed by atoms with E-state index in [0.717, 1.165) is 12.8 Å². The van der Waals surface area contributed by atoms with Crippen LogP contribution in [0, 0.1) is 0 Å². The Hall–Kier alpha value is -0.353. The van der Waals surface area contributed by atoms with E-state index in [9.17, 15) is 4.79 Å². The number of hydrogen-bond acceptors (Lipinski definition) is 3. The van der Waals surface area contributed by atoms with Gasteiger partial charge in [0.05, 0.1) is 0 Å². The van der Waals surface area contributed by atoms with Crippen LogP contribution in [0.5, 0.6) is 0 Å². The lowest BCUT2D eigenvalue weighted by Gasteiger charge is -2.14. The van der Waals surface area contributed by atoms with Crippen molar-refractivity contribution in [2.45, 2.75) is 104 Å². The number of carbonyl (C=O) groups excluding carboxylic acids is 1. The highest BCUT2D eigenvalue weighted by molar-refractivity contribution is 6.69. The minimum atomic E-state index is -1.74. The second-order valence-corrected chi connectivity index (χ2v) is 11.3. The van der Waals surface area contributed by atoms with Crippen molar-refractivity contribution in [1.82, 2.24) is 0 Å². The van der Waals surface area contributed by atoms with E-state index in [1.165, 1.54) is 57.8 Å². The number of rotatable bonds is 14. The summed E-state index contributed by atoms with van der Waals surface area (Å²) in [6.45, 7) is 8.26. The highest BCUT2D eigenvalue weighted by Gasteiger charge is 2.18. The van der Waals surface area contributed by atoms with Gasteiger partial charge in [-0.1, -0.05) is 71.1 Å². The van der Waals surface area contributed by atoms with Crippen molar-refractivity contribution in [3.63, 3.8) is 0 Å². The van der Waals surface area contributed by atoms with Crippen LogP contribution in [-0.4, -0.2) is 14.3 Å². The van der Waals surface area contributed by atoms with E-state index in [-0.39, 0.29) is 5.97 Å². The zero-order chi connectivity index (χ0) is 16.0. The second kappa shape index (κ2) is 13.3. The molecular formula is C17H36O3Si. The first-order valence-electron chi connectivity index (χ1n) is 8.84. The summed E-state index contributed by atoms with van der Waals surface area (Å²) in [5, 5.41) is 0. The van der Waals surface area contributed by atoms with Gasteiger partial charge in [-0.3, -0.25) is 0 Å². The van der Waals surface area contributed by atoms with Gasteiger partial charge in [0.25, 0.3) is 0 Å². The fourth-order valence-corrected chi connectivity index (χ4v) is 2.49. The van der Waals surface area contributed by atoms with E-state index >= 15 is 0 Å². The van der Waals surface area contributed by atoms with Crippen LogP contribution in [0.1, 0.15) is 84.0 Å². The fourth-order valence-electron chi connectivity index (χ4n) is 2.15. The molecule has 3 nitrogen and oxygen atoms in total. The van der Waals surface area contributed by atoms with Gasteiger partial charge in [0.15, 0.2) is 0 Å². The molecule has 0 heterocycles.